The van der Waals surface area contributed by atoms with Crippen molar-refractivity contribution >= 4 is 27.6 Å². The number of nitrogens with zero attached hydrogens (tertiary/aromatic N) is 3. The predicted molar refractivity (Wildman–Crippen MR) is 104 cm³/mol. The van der Waals surface area contributed by atoms with Crippen LogP contribution in [0.25, 0.3) is 27.5 Å². The minimum atomic E-state index is -4.42. The molecule has 0 bridgehead atoms. The molecule has 29 heavy (non-hydrogen) atoms. The Morgan fingerprint density at radius 2 is 1.59 bits per heavy atom. The van der Waals surface area contributed by atoms with Crippen LogP contribution in [0.15, 0.2) is 53.3 Å². The van der Waals surface area contributed by atoms with Crippen LogP contribution in [-0.2, 0) is 13.2 Å². The molecule has 0 aliphatic heterocycles. The average molecular weight is 404 g/mol. The Morgan fingerprint density at radius 3 is 2.14 bits per heavy atom. The van der Waals surface area contributed by atoms with Gasteiger partial charge >= 0.3 is 11.7 Å². The third-order valence-corrected chi connectivity index (χ3v) is 4.83. The van der Waals surface area contributed by atoms with Crippen molar-refractivity contribution in [3.8, 4) is 5.69 Å². The summed E-state index contributed by atoms with van der Waals surface area (Å²) >= 11 is 0. The van der Waals surface area contributed by atoms with Gasteiger partial charge in [-0.15, -0.1) is 0 Å². The minimum absolute atomic E-state index is 0. The molecule has 0 aliphatic carbocycles. The van der Waals surface area contributed by atoms with E-state index in [0.29, 0.717) is 16.7 Å². The lowest BCUT2D eigenvalue weighted by molar-refractivity contribution is -0.631. The van der Waals surface area contributed by atoms with E-state index in [0.717, 1.165) is 28.7 Å². The second kappa shape index (κ2) is 6.93. The molecule has 0 unspecified atom stereocenters. The summed E-state index contributed by atoms with van der Waals surface area (Å²) in [5, 5.41) is 4.90. The largest absolute Gasteiger partial charge is 0.870 e. The first kappa shape index (κ1) is 20.4. The summed E-state index contributed by atoms with van der Waals surface area (Å²) in [4.78, 5) is 15.0. The summed E-state index contributed by atoms with van der Waals surface area (Å²) in [6.07, 6.45) is -4.42. The Hall–Kier alpha value is -3.33. The molecule has 0 radical (unpaired) electrons. The molecular formula is C20H19F3N4O2. The lowest BCUT2D eigenvalue weighted by Crippen LogP contribution is -2.39. The van der Waals surface area contributed by atoms with Gasteiger partial charge in [0, 0.05) is 5.39 Å². The predicted octanol–water partition coefficient (Wildman–Crippen LogP) is 3.20. The van der Waals surface area contributed by atoms with Crippen LogP contribution in [0.2, 0.25) is 0 Å². The number of nitrogens with one attached hydrogen (secondary N) is 1. The molecule has 6 nitrogen and oxygen atoms in total. The molecule has 2 aromatic carbocycles. The Morgan fingerprint density at radius 1 is 1.00 bits per heavy atom. The highest BCUT2D eigenvalue weighted by molar-refractivity contribution is 6.06. The van der Waals surface area contributed by atoms with Crippen LogP contribution >= 0.6 is 0 Å². The maximum absolute atomic E-state index is 13.1. The fraction of sp³-hybridized carbons (Fsp3) is 0.200. The van der Waals surface area contributed by atoms with Crippen LogP contribution in [-0.4, -0.2) is 29.4 Å². The van der Waals surface area contributed by atoms with Crippen molar-refractivity contribution in [2.45, 2.75) is 6.18 Å². The molecule has 0 atom stereocenters. The fourth-order valence-electron chi connectivity index (χ4n) is 3.63. The Balaban J connectivity index is 0.00000240. The highest BCUT2D eigenvalue weighted by Gasteiger charge is 2.30. The normalized spacial score (nSPS) is 11.7. The Kier molecular flexibility index (Phi) is 4.87. The number of aromatic nitrogens is 3. The van der Waals surface area contributed by atoms with Gasteiger partial charge in [0.15, 0.2) is 0 Å². The third kappa shape index (κ3) is 3.13. The van der Waals surface area contributed by atoms with Crippen molar-refractivity contribution in [2.75, 3.05) is 19.0 Å². The van der Waals surface area contributed by atoms with E-state index < -0.39 is 11.7 Å². The highest BCUT2D eigenvalue weighted by atomic mass is 19.4. The minimum Gasteiger partial charge on any atom is -0.870 e. The van der Waals surface area contributed by atoms with Crippen LogP contribution in [0.4, 0.5) is 19.0 Å². The number of benzene rings is 2. The molecule has 2 heterocycles. The van der Waals surface area contributed by atoms with E-state index >= 15 is 0 Å². The first-order chi connectivity index (χ1) is 13.2. The van der Waals surface area contributed by atoms with Gasteiger partial charge in [0.2, 0.25) is 5.52 Å². The third-order valence-electron chi connectivity index (χ3n) is 4.83. The summed E-state index contributed by atoms with van der Waals surface area (Å²) in [6.45, 7) is 0. The molecule has 0 saturated heterocycles. The molecule has 0 aliphatic rings. The summed E-state index contributed by atoms with van der Waals surface area (Å²) in [7, 11) is 5.60. The topological polar surface area (TPSA) is 74.9 Å². The van der Waals surface area contributed by atoms with Gasteiger partial charge in [-0.2, -0.15) is 13.2 Å². The van der Waals surface area contributed by atoms with Gasteiger partial charge in [-0.3, -0.25) is 14.8 Å². The molecule has 4 rings (SSSR count). The lowest BCUT2D eigenvalue weighted by Gasteiger charge is -2.11. The standard InChI is InChI=1S/C20H17F3N4O.H2O/c1-25(2)18-15-7-5-4-6-14(15)16-17(26(18)3)19(28)27(24-16)13-10-8-12(9-11-13)20(21,22)23;/h4-11H,1-3H3;1H2. The van der Waals surface area contributed by atoms with Crippen molar-refractivity contribution in [1.29, 1.82) is 0 Å². The van der Waals surface area contributed by atoms with E-state index in [4.69, 9.17) is 0 Å². The lowest BCUT2D eigenvalue weighted by atomic mass is 10.1. The van der Waals surface area contributed by atoms with E-state index in [1.807, 2.05) is 43.3 Å². The summed E-state index contributed by atoms with van der Waals surface area (Å²) in [6, 6.07) is 12.2. The number of hydrogen-bond donors (Lipinski definition) is 1. The van der Waals surface area contributed by atoms with Crippen LogP contribution in [0.1, 0.15) is 5.56 Å². The second-order valence-corrected chi connectivity index (χ2v) is 6.84. The molecule has 4 aromatic rings. The molecule has 0 saturated carbocycles. The zero-order valence-corrected chi connectivity index (χ0v) is 15.9. The smallest absolute Gasteiger partial charge is 0.416 e. The van der Waals surface area contributed by atoms with Crippen LogP contribution < -0.4 is 15.0 Å². The summed E-state index contributed by atoms with van der Waals surface area (Å²) in [5.74, 6) is 0.860. The highest BCUT2D eigenvalue weighted by Crippen LogP contribution is 2.30. The van der Waals surface area contributed by atoms with E-state index in [1.54, 1.807) is 11.6 Å². The van der Waals surface area contributed by atoms with Crippen molar-refractivity contribution < 1.29 is 23.2 Å². The van der Waals surface area contributed by atoms with Crippen LogP contribution in [0.5, 0.6) is 0 Å². The van der Waals surface area contributed by atoms with Crippen molar-refractivity contribution in [3.63, 3.8) is 0 Å². The number of aromatic amines is 1. The maximum Gasteiger partial charge on any atom is 0.416 e. The molecule has 152 valence electrons. The Bertz CT molecular complexity index is 1260. The van der Waals surface area contributed by atoms with E-state index in [-0.39, 0.29) is 11.0 Å². The van der Waals surface area contributed by atoms with Crippen molar-refractivity contribution in [2.24, 2.45) is 7.05 Å². The quantitative estimate of drug-likeness (QED) is 0.522. The van der Waals surface area contributed by atoms with Gasteiger partial charge in [-0.1, -0.05) is 18.2 Å². The molecule has 9 heteroatoms. The summed E-state index contributed by atoms with van der Waals surface area (Å²) < 4.78 is 41.6. The maximum atomic E-state index is 13.1. The molecular weight excluding hydrogens is 385 g/mol. The van der Waals surface area contributed by atoms with Gasteiger partial charge in [0.05, 0.1) is 37.8 Å². The van der Waals surface area contributed by atoms with Gasteiger partial charge in [-0.25, -0.2) is 9.25 Å². The zero-order valence-electron chi connectivity index (χ0n) is 15.9. The number of alkyl halides is 3. The first-order valence-electron chi connectivity index (χ1n) is 8.60. The van der Waals surface area contributed by atoms with E-state index in [2.05, 4.69) is 5.10 Å². The van der Waals surface area contributed by atoms with Gasteiger partial charge in [0.1, 0.15) is 5.52 Å². The van der Waals surface area contributed by atoms with Crippen LogP contribution in [0, 0.1) is 0 Å². The molecule has 0 spiro atoms. The van der Waals surface area contributed by atoms with E-state index in [9.17, 15) is 18.0 Å². The number of H-pyrrole nitrogens is 1. The van der Waals surface area contributed by atoms with Crippen molar-refractivity contribution in [1.82, 2.24) is 9.78 Å². The number of halogens is 3. The summed E-state index contributed by atoms with van der Waals surface area (Å²) in [5.41, 5.74) is 0.331. The monoisotopic (exact) mass is 404 g/mol. The molecule has 0 fully saturated rings. The number of pyridine rings is 1. The molecule has 0 amide bonds. The van der Waals surface area contributed by atoms with Crippen molar-refractivity contribution in [3.05, 3.63) is 64.4 Å². The zero-order chi connectivity index (χ0) is 20.2. The number of rotatable bonds is 2. The molecule has 2 aromatic heterocycles. The molecule has 2 N–H and O–H groups in total. The number of fused-ring (bicyclic) bond motifs is 3. The van der Waals surface area contributed by atoms with Gasteiger partial charge in [-0.05, 0) is 30.3 Å². The van der Waals surface area contributed by atoms with Gasteiger partial charge < -0.3 is 5.48 Å². The SMILES string of the molecule is CN(C)c1c2ccccc2c2[nH]n(-c3ccc(C(F)(F)F)cc3)c(=O)c2[n+]1C.[OH-]. The van der Waals surface area contributed by atoms with Gasteiger partial charge in [0.25, 0.3) is 5.82 Å². The van der Waals surface area contributed by atoms with E-state index in [1.165, 1.54) is 16.8 Å². The van der Waals surface area contributed by atoms with Crippen LogP contribution in [0.3, 0.4) is 0 Å². The number of aryl methyl sites for hydroxylation is 1. The first-order valence-corrected chi connectivity index (χ1v) is 8.60. The second-order valence-electron chi connectivity index (χ2n) is 6.84. The fourth-order valence-corrected chi connectivity index (χ4v) is 3.63. The number of anilines is 1. The number of hydrogen-bond acceptors (Lipinski definition) is 3. The Labute approximate surface area is 163 Å². The average Bonchev–Trinajstić information content (AvgIpc) is 2.99.